The molecule has 4 rings (SSSR count). The average Bonchev–Trinajstić information content (AvgIpc) is 3.53. The van der Waals surface area contributed by atoms with E-state index in [4.69, 9.17) is 4.74 Å². The Morgan fingerprint density at radius 3 is 2.64 bits per heavy atom. The normalized spacial score (nSPS) is 21.9. The Morgan fingerprint density at radius 1 is 1.18 bits per heavy atom. The molecular formula is C21H24FN3O3. The van der Waals surface area contributed by atoms with Gasteiger partial charge in [-0.2, -0.15) is 0 Å². The largest absolute Gasteiger partial charge is 0.476 e. The van der Waals surface area contributed by atoms with Gasteiger partial charge in [-0.3, -0.25) is 4.79 Å². The van der Waals surface area contributed by atoms with E-state index in [1.165, 1.54) is 18.3 Å². The summed E-state index contributed by atoms with van der Waals surface area (Å²) in [7, 11) is 0. The maximum absolute atomic E-state index is 13.3. The van der Waals surface area contributed by atoms with E-state index < -0.39 is 6.10 Å². The minimum atomic E-state index is -0.539. The van der Waals surface area contributed by atoms with Crippen LogP contribution in [-0.4, -0.2) is 39.7 Å². The molecule has 1 amide bonds. The van der Waals surface area contributed by atoms with Gasteiger partial charge in [0.25, 0.3) is 5.91 Å². The molecule has 2 aliphatic rings. The van der Waals surface area contributed by atoms with Crippen molar-refractivity contribution in [1.29, 1.82) is 0 Å². The molecule has 2 aromatic rings. The van der Waals surface area contributed by atoms with Gasteiger partial charge in [-0.1, -0.05) is 12.8 Å². The molecule has 148 valence electrons. The summed E-state index contributed by atoms with van der Waals surface area (Å²) in [6, 6.07) is 5.59. The molecular weight excluding hydrogens is 361 g/mol. The Labute approximate surface area is 163 Å². The van der Waals surface area contributed by atoms with Gasteiger partial charge in [0.05, 0.1) is 24.9 Å². The summed E-state index contributed by atoms with van der Waals surface area (Å²) in [5, 5.41) is 12.9. The third kappa shape index (κ3) is 4.47. The van der Waals surface area contributed by atoms with Crippen molar-refractivity contribution in [2.45, 2.75) is 50.7 Å². The van der Waals surface area contributed by atoms with Crippen LogP contribution in [0.25, 0.3) is 11.3 Å². The fraction of sp³-hybridized carbons (Fsp3) is 0.476. The van der Waals surface area contributed by atoms with Crippen molar-refractivity contribution in [1.82, 2.24) is 15.3 Å². The Hall–Kier alpha value is -2.54. The first-order valence-corrected chi connectivity index (χ1v) is 9.85. The number of nitrogens with one attached hydrogen (secondary N) is 1. The van der Waals surface area contributed by atoms with Gasteiger partial charge < -0.3 is 15.2 Å². The average molecular weight is 385 g/mol. The molecule has 2 N–H and O–H groups in total. The van der Waals surface area contributed by atoms with Gasteiger partial charge in [-0.15, -0.1) is 0 Å². The van der Waals surface area contributed by atoms with Gasteiger partial charge in [0.1, 0.15) is 17.2 Å². The van der Waals surface area contributed by atoms with Crippen LogP contribution in [0.2, 0.25) is 0 Å². The number of aliphatic hydroxyl groups excluding tert-OH is 1. The molecule has 0 radical (unpaired) electrons. The zero-order chi connectivity index (χ0) is 19.5. The van der Waals surface area contributed by atoms with Gasteiger partial charge in [-0.25, -0.2) is 14.4 Å². The zero-order valence-electron chi connectivity index (χ0n) is 15.6. The second kappa shape index (κ2) is 8.22. The number of nitrogens with zero attached hydrogens (tertiary/aromatic N) is 2. The van der Waals surface area contributed by atoms with Crippen molar-refractivity contribution in [3.05, 3.63) is 42.0 Å². The lowest BCUT2D eigenvalue weighted by Gasteiger charge is -2.28. The fourth-order valence-corrected chi connectivity index (χ4v) is 3.39. The molecule has 7 heteroatoms. The molecule has 0 bridgehead atoms. The minimum absolute atomic E-state index is 0.149. The lowest BCUT2D eigenvalue weighted by Crippen LogP contribution is -2.45. The van der Waals surface area contributed by atoms with E-state index in [2.05, 4.69) is 15.3 Å². The highest BCUT2D eigenvalue weighted by molar-refractivity contribution is 5.93. The Kier molecular flexibility index (Phi) is 5.52. The van der Waals surface area contributed by atoms with E-state index in [9.17, 15) is 14.3 Å². The first kappa shape index (κ1) is 18.8. The molecule has 2 fully saturated rings. The molecule has 2 saturated carbocycles. The summed E-state index contributed by atoms with van der Waals surface area (Å²) in [5.74, 6) is 0.152. The Balaban J connectivity index is 1.57. The highest BCUT2D eigenvalue weighted by Gasteiger charge is 2.27. The molecule has 1 aromatic carbocycles. The van der Waals surface area contributed by atoms with E-state index >= 15 is 0 Å². The van der Waals surface area contributed by atoms with E-state index in [0.717, 1.165) is 32.1 Å². The molecule has 0 saturated heterocycles. The number of carbonyl (C=O) groups is 1. The van der Waals surface area contributed by atoms with Gasteiger partial charge >= 0.3 is 0 Å². The van der Waals surface area contributed by atoms with Crippen molar-refractivity contribution in [3.8, 4) is 17.1 Å². The lowest BCUT2D eigenvalue weighted by atomic mass is 9.92. The van der Waals surface area contributed by atoms with Gasteiger partial charge in [0, 0.05) is 5.56 Å². The van der Waals surface area contributed by atoms with Gasteiger partial charge in [0.15, 0.2) is 0 Å². The summed E-state index contributed by atoms with van der Waals surface area (Å²) in [6.45, 7) is 0.558. The summed E-state index contributed by atoms with van der Waals surface area (Å²) in [5.41, 5.74) is 1.19. The summed E-state index contributed by atoms with van der Waals surface area (Å²) in [6.07, 6.45) is 6.51. The van der Waals surface area contributed by atoms with Gasteiger partial charge in [0.2, 0.25) is 5.88 Å². The predicted molar refractivity (Wildman–Crippen MR) is 101 cm³/mol. The van der Waals surface area contributed by atoms with Crippen LogP contribution in [0.5, 0.6) is 5.88 Å². The highest BCUT2D eigenvalue weighted by Crippen LogP contribution is 2.32. The summed E-state index contributed by atoms with van der Waals surface area (Å²) in [4.78, 5) is 21.4. The van der Waals surface area contributed by atoms with Crippen molar-refractivity contribution in [2.24, 2.45) is 5.92 Å². The molecule has 0 spiro atoms. The second-order valence-electron chi connectivity index (χ2n) is 7.60. The van der Waals surface area contributed by atoms with Crippen LogP contribution in [0.15, 0.2) is 30.5 Å². The fourth-order valence-electron chi connectivity index (χ4n) is 3.39. The topological polar surface area (TPSA) is 84.3 Å². The van der Waals surface area contributed by atoms with Crippen molar-refractivity contribution >= 4 is 5.91 Å². The molecule has 6 nitrogen and oxygen atoms in total. The summed E-state index contributed by atoms with van der Waals surface area (Å²) >= 11 is 0. The first-order chi connectivity index (χ1) is 13.6. The summed E-state index contributed by atoms with van der Waals surface area (Å²) < 4.78 is 19.1. The van der Waals surface area contributed by atoms with Crippen LogP contribution < -0.4 is 10.1 Å². The van der Waals surface area contributed by atoms with Crippen molar-refractivity contribution < 1.29 is 19.0 Å². The number of halogens is 1. The first-order valence-electron chi connectivity index (χ1n) is 9.85. The number of hydrogen-bond acceptors (Lipinski definition) is 5. The van der Waals surface area contributed by atoms with Crippen LogP contribution in [0, 0.1) is 11.7 Å². The van der Waals surface area contributed by atoms with Gasteiger partial charge in [-0.05, 0) is 55.9 Å². The number of aliphatic hydroxyl groups is 1. The molecule has 28 heavy (non-hydrogen) atoms. The van der Waals surface area contributed by atoms with Crippen LogP contribution in [0.4, 0.5) is 4.39 Å². The van der Waals surface area contributed by atoms with Crippen molar-refractivity contribution in [2.75, 3.05) is 6.61 Å². The number of benzene rings is 1. The number of aromatic nitrogens is 2. The van der Waals surface area contributed by atoms with E-state index in [0.29, 0.717) is 36.1 Å². The Morgan fingerprint density at radius 2 is 1.93 bits per heavy atom. The van der Waals surface area contributed by atoms with Crippen LogP contribution in [0.1, 0.15) is 49.0 Å². The molecule has 0 aliphatic heterocycles. The number of amides is 1. The quantitative estimate of drug-likeness (QED) is 0.798. The van der Waals surface area contributed by atoms with Crippen LogP contribution in [-0.2, 0) is 0 Å². The number of ether oxygens (including phenoxy) is 1. The highest BCUT2D eigenvalue weighted by atomic mass is 19.1. The molecule has 0 unspecified atom stereocenters. The van der Waals surface area contributed by atoms with Crippen LogP contribution in [0.3, 0.4) is 0 Å². The third-order valence-corrected chi connectivity index (χ3v) is 5.29. The molecule has 1 heterocycles. The number of carbonyl (C=O) groups excluding carboxylic acids is 1. The van der Waals surface area contributed by atoms with E-state index in [-0.39, 0.29) is 23.5 Å². The maximum Gasteiger partial charge on any atom is 0.271 e. The van der Waals surface area contributed by atoms with Crippen LogP contribution >= 0.6 is 0 Å². The number of hydrogen-bond donors (Lipinski definition) is 2. The monoisotopic (exact) mass is 385 g/mol. The second-order valence-corrected chi connectivity index (χ2v) is 7.60. The van der Waals surface area contributed by atoms with E-state index in [1.807, 2.05) is 0 Å². The van der Waals surface area contributed by atoms with E-state index in [1.54, 1.807) is 12.1 Å². The minimum Gasteiger partial charge on any atom is -0.476 e. The lowest BCUT2D eigenvalue weighted by molar-refractivity contribution is 0.0713. The van der Waals surface area contributed by atoms with Crippen molar-refractivity contribution in [3.63, 3.8) is 0 Å². The standard InChI is InChI=1S/C21H24FN3O3/c22-15-9-7-14(8-10-15)19-21(28-12-13-5-6-13)23-11-17(24-19)20(27)25-16-3-1-2-4-18(16)26/h7-11,13,16,18,26H,1-6,12H2,(H,25,27)/t16-,18-/m1/s1. The molecule has 1 aromatic heterocycles. The SMILES string of the molecule is O=C(N[C@@H]1CCCC[C@H]1O)c1cnc(OCC2CC2)c(-c2ccc(F)cc2)n1. The maximum atomic E-state index is 13.3. The smallest absolute Gasteiger partial charge is 0.271 e. The number of rotatable bonds is 6. The zero-order valence-corrected chi connectivity index (χ0v) is 15.6. The predicted octanol–water partition coefficient (Wildman–Crippen LogP) is 3.10. The molecule has 2 aliphatic carbocycles. The Bertz CT molecular complexity index is 839. The third-order valence-electron chi connectivity index (χ3n) is 5.29. The molecule has 2 atom stereocenters.